The highest BCUT2D eigenvalue weighted by Gasteiger charge is 2.28. The molecule has 100 valence electrons. The van der Waals surface area contributed by atoms with Gasteiger partial charge in [0.25, 0.3) is 0 Å². The predicted octanol–water partition coefficient (Wildman–Crippen LogP) is 3.19. The monoisotopic (exact) mass is 286 g/mol. The standard InChI is InChI=1S/C13H19ClN2OS/c1-4-5-10(9-13(2,3)18(15)17)12-8-11(14)6-7-16-12/h4,6-8,10H,1,5,9,15H2,2-3H3/t10-,18?/m1/s1. The van der Waals surface area contributed by atoms with Crippen molar-refractivity contribution in [2.45, 2.75) is 37.4 Å². The SMILES string of the molecule is C=CC[C@H](CC(C)(C)S(N)=O)c1cc(Cl)ccn1. The van der Waals surface area contributed by atoms with Crippen molar-refractivity contribution in [2.24, 2.45) is 5.14 Å². The van der Waals surface area contributed by atoms with Gasteiger partial charge in [-0.1, -0.05) is 17.7 Å². The van der Waals surface area contributed by atoms with E-state index in [1.807, 2.05) is 26.0 Å². The zero-order valence-electron chi connectivity index (χ0n) is 10.7. The molecule has 1 heterocycles. The molecule has 0 spiro atoms. The molecule has 0 bridgehead atoms. The first-order valence-corrected chi connectivity index (χ1v) is 7.34. The average Bonchev–Trinajstić information content (AvgIpc) is 2.28. The Morgan fingerprint density at radius 2 is 2.33 bits per heavy atom. The minimum atomic E-state index is -1.37. The van der Waals surface area contributed by atoms with Crippen LogP contribution in [-0.4, -0.2) is 13.9 Å². The highest BCUT2D eigenvalue weighted by atomic mass is 35.5. The van der Waals surface area contributed by atoms with E-state index in [-0.39, 0.29) is 5.92 Å². The fourth-order valence-corrected chi connectivity index (χ4v) is 2.36. The first kappa shape index (κ1) is 15.3. The molecule has 0 radical (unpaired) electrons. The second-order valence-corrected chi connectivity index (χ2v) is 7.02. The van der Waals surface area contributed by atoms with Crippen LogP contribution < -0.4 is 5.14 Å². The second-order valence-electron chi connectivity index (χ2n) is 4.88. The van der Waals surface area contributed by atoms with Gasteiger partial charge in [-0.25, -0.2) is 4.21 Å². The van der Waals surface area contributed by atoms with Crippen LogP contribution in [0.4, 0.5) is 0 Å². The van der Waals surface area contributed by atoms with Crippen LogP contribution in [0.5, 0.6) is 0 Å². The van der Waals surface area contributed by atoms with Gasteiger partial charge < -0.3 is 0 Å². The zero-order chi connectivity index (χ0) is 13.8. The number of nitrogens with two attached hydrogens (primary N) is 1. The Labute approximate surface area is 116 Å². The van der Waals surface area contributed by atoms with Crippen LogP contribution in [0.2, 0.25) is 5.02 Å². The Bertz CT molecular complexity index is 448. The van der Waals surface area contributed by atoms with Crippen molar-refractivity contribution in [3.8, 4) is 0 Å². The third kappa shape index (κ3) is 4.19. The Morgan fingerprint density at radius 1 is 1.67 bits per heavy atom. The molecule has 0 saturated carbocycles. The molecule has 0 aliphatic carbocycles. The number of aromatic nitrogens is 1. The molecule has 0 aliphatic heterocycles. The van der Waals surface area contributed by atoms with E-state index in [4.69, 9.17) is 16.7 Å². The van der Waals surface area contributed by atoms with Gasteiger partial charge in [0.1, 0.15) is 0 Å². The van der Waals surface area contributed by atoms with Crippen LogP contribution in [0.1, 0.15) is 38.3 Å². The minimum absolute atomic E-state index is 0.128. The minimum Gasteiger partial charge on any atom is -0.261 e. The van der Waals surface area contributed by atoms with Crippen LogP contribution in [0.25, 0.3) is 0 Å². The molecule has 0 saturated heterocycles. The third-order valence-corrected chi connectivity index (χ3v) is 4.39. The number of halogens is 1. The summed E-state index contributed by atoms with van der Waals surface area (Å²) in [6, 6.07) is 3.58. The predicted molar refractivity (Wildman–Crippen MR) is 77.8 cm³/mol. The van der Waals surface area contributed by atoms with Crippen molar-refractivity contribution < 1.29 is 4.21 Å². The average molecular weight is 287 g/mol. The van der Waals surface area contributed by atoms with E-state index >= 15 is 0 Å². The summed E-state index contributed by atoms with van der Waals surface area (Å²) in [6.07, 6.45) is 4.95. The van der Waals surface area contributed by atoms with E-state index in [9.17, 15) is 4.21 Å². The second kappa shape index (κ2) is 6.45. The van der Waals surface area contributed by atoms with E-state index in [1.54, 1.807) is 12.3 Å². The largest absolute Gasteiger partial charge is 0.261 e. The summed E-state index contributed by atoms with van der Waals surface area (Å²) < 4.78 is 11.1. The van der Waals surface area contributed by atoms with E-state index in [0.29, 0.717) is 11.4 Å². The Balaban J connectivity index is 2.96. The Morgan fingerprint density at radius 3 is 2.83 bits per heavy atom. The summed E-state index contributed by atoms with van der Waals surface area (Å²) in [5, 5.41) is 6.18. The van der Waals surface area contributed by atoms with Gasteiger partial charge in [0.05, 0.1) is 15.7 Å². The van der Waals surface area contributed by atoms with Crippen molar-refractivity contribution in [3.05, 3.63) is 41.7 Å². The van der Waals surface area contributed by atoms with E-state index < -0.39 is 15.7 Å². The van der Waals surface area contributed by atoms with Crippen molar-refractivity contribution in [1.82, 2.24) is 4.98 Å². The van der Waals surface area contributed by atoms with Crippen molar-refractivity contribution in [3.63, 3.8) is 0 Å². The molecular formula is C13H19ClN2OS. The molecule has 0 amide bonds. The normalized spacial score (nSPS) is 15.1. The summed E-state index contributed by atoms with van der Waals surface area (Å²) in [7, 11) is -1.37. The molecule has 1 unspecified atom stereocenters. The quantitative estimate of drug-likeness (QED) is 0.817. The third-order valence-electron chi connectivity index (χ3n) is 2.90. The lowest BCUT2D eigenvalue weighted by atomic mass is 9.90. The molecule has 1 aromatic rings. The van der Waals surface area contributed by atoms with Gasteiger partial charge >= 0.3 is 0 Å². The van der Waals surface area contributed by atoms with Crippen LogP contribution in [0.15, 0.2) is 31.0 Å². The summed E-state index contributed by atoms with van der Waals surface area (Å²) in [5.74, 6) is 0.128. The maximum absolute atomic E-state index is 11.5. The summed E-state index contributed by atoms with van der Waals surface area (Å²) in [4.78, 5) is 4.33. The van der Waals surface area contributed by atoms with Gasteiger partial charge in [0.2, 0.25) is 0 Å². The number of pyridine rings is 1. The Kier molecular flexibility index (Phi) is 5.50. The smallest absolute Gasteiger partial charge is 0.0945 e. The van der Waals surface area contributed by atoms with Crippen LogP contribution in [-0.2, 0) is 11.0 Å². The maximum Gasteiger partial charge on any atom is 0.0945 e. The van der Waals surface area contributed by atoms with Gasteiger partial charge in [0, 0.05) is 22.8 Å². The van der Waals surface area contributed by atoms with Crippen molar-refractivity contribution >= 4 is 22.6 Å². The van der Waals surface area contributed by atoms with Crippen molar-refractivity contribution in [1.29, 1.82) is 0 Å². The molecule has 0 aliphatic rings. The summed E-state index contributed by atoms with van der Waals surface area (Å²) in [6.45, 7) is 7.54. The molecule has 0 fully saturated rings. The fourth-order valence-electron chi connectivity index (χ4n) is 1.83. The van der Waals surface area contributed by atoms with E-state index in [1.165, 1.54) is 0 Å². The lowest BCUT2D eigenvalue weighted by molar-refractivity contribution is 0.512. The van der Waals surface area contributed by atoms with Gasteiger partial charge in [-0.15, -0.1) is 6.58 Å². The van der Waals surface area contributed by atoms with Crippen LogP contribution >= 0.6 is 11.6 Å². The number of hydrogen-bond donors (Lipinski definition) is 1. The lowest BCUT2D eigenvalue weighted by Gasteiger charge is -2.26. The molecule has 2 atom stereocenters. The van der Waals surface area contributed by atoms with Gasteiger partial charge in [-0.05, 0) is 38.8 Å². The topological polar surface area (TPSA) is 56.0 Å². The van der Waals surface area contributed by atoms with Crippen molar-refractivity contribution in [2.75, 3.05) is 0 Å². The molecule has 2 N–H and O–H groups in total. The molecule has 1 aromatic heterocycles. The zero-order valence-corrected chi connectivity index (χ0v) is 12.3. The van der Waals surface area contributed by atoms with E-state index in [0.717, 1.165) is 12.1 Å². The van der Waals surface area contributed by atoms with Crippen LogP contribution in [0.3, 0.4) is 0 Å². The summed E-state index contributed by atoms with van der Waals surface area (Å²) >= 11 is 5.97. The first-order chi connectivity index (χ1) is 8.36. The van der Waals surface area contributed by atoms with Gasteiger partial charge in [-0.2, -0.15) is 0 Å². The lowest BCUT2D eigenvalue weighted by Crippen LogP contribution is -2.33. The number of rotatable bonds is 6. The number of nitrogens with zero attached hydrogens (tertiary/aromatic N) is 1. The molecule has 1 rings (SSSR count). The molecule has 5 heteroatoms. The van der Waals surface area contributed by atoms with Crippen LogP contribution in [0, 0.1) is 0 Å². The van der Waals surface area contributed by atoms with Gasteiger partial charge in [0.15, 0.2) is 0 Å². The molecule has 3 nitrogen and oxygen atoms in total. The summed E-state index contributed by atoms with van der Waals surface area (Å²) in [5.41, 5.74) is 0.890. The number of allylic oxidation sites excluding steroid dienone is 1. The Hall–Kier alpha value is -0.710. The number of hydrogen-bond acceptors (Lipinski definition) is 2. The first-order valence-electron chi connectivity index (χ1n) is 5.75. The van der Waals surface area contributed by atoms with Gasteiger partial charge in [-0.3, -0.25) is 10.1 Å². The molecular weight excluding hydrogens is 268 g/mol. The fraction of sp³-hybridized carbons (Fsp3) is 0.462. The maximum atomic E-state index is 11.5. The molecule has 18 heavy (non-hydrogen) atoms. The highest BCUT2D eigenvalue weighted by Crippen LogP contribution is 2.31. The highest BCUT2D eigenvalue weighted by molar-refractivity contribution is 7.84. The van der Waals surface area contributed by atoms with E-state index in [2.05, 4.69) is 11.6 Å². The molecule has 0 aromatic carbocycles.